The maximum Gasteiger partial charge on any atom is 0.257 e. The minimum absolute atomic E-state index is 0.150. The van der Waals surface area contributed by atoms with Crippen LogP contribution in [0.4, 0.5) is 0 Å². The van der Waals surface area contributed by atoms with E-state index in [0.29, 0.717) is 37.0 Å². The van der Waals surface area contributed by atoms with Crippen LogP contribution in [0.25, 0.3) is 11.3 Å². The van der Waals surface area contributed by atoms with E-state index >= 15 is 0 Å². The Hall–Kier alpha value is -1.72. The Balaban J connectivity index is 1.93. The number of carbonyl (C=O) groups excluding carboxylic acids is 1. The zero-order valence-corrected chi connectivity index (χ0v) is 16.5. The molecule has 0 aliphatic rings. The second kappa shape index (κ2) is 7.89. The molecule has 26 heavy (non-hydrogen) atoms. The van der Waals surface area contributed by atoms with Gasteiger partial charge >= 0.3 is 0 Å². The number of aryl methyl sites for hydroxylation is 1. The van der Waals surface area contributed by atoms with Crippen LogP contribution in [0.2, 0.25) is 20.1 Å². The van der Waals surface area contributed by atoms with Crippen LogP contribution in [0, 0.1) is 6.92 Å². The lowest BCUT2D eigenvalue weighted by Gasteiger charge is -2.10. The standard InChI is InChI=1S/C18H12Cl4N2O2/c1-9-15(17(24-26-9)16-13(21)6-3-7-14(16)22)18(25)23-8-10-11(19)4-2-5-12(10)20/h2-7H,8H2,1H3,(H,23,25). The highest BCUT2D eigenvalue weighted by molar-refractivity contribution is 6.39. The molecule has 1 amide bonds. The van der Waals surface area contributed by atoms with E-state index in [0.717, 1.165) is 0 Å². The molecule has 0 aliphatic carbocycles. The third-order valence-corrected chi connectivity index (χ3v) is 5.11. The number of carbonyl (C=O) groups is 1. The first-order valence-corrected chi connectivity index (χ1v) is 9.03. The summed E-state index contributed by atoms with van der Waals surface area (Å²) in [6, 6.07) is 10.2. The molecule has 0 radical (unpaired) electrons. The monoisotopic (exact) mass is 428 g/mol. The summed E-state index contributed by atoms with van der Waals surface area (Å²) in [7, 11) is 0. The number of nitrogens with one attached hydrogen (secondary N) is 1. The van der Waals surface area contributed by atoms with Gasteiger partial charge in [0.05, 0.1) is 10.0 Å². The molecule has 1 aromatic heterocycles. The molecule has 1 heterocycles. The highest BCUT2D eigenvalue weighted by Crippen LogP contribution is 2.36. The number of amides is 1. The Morgan fingerprint density at radius 2 is 1.54 bits per heavy atom. The van der Waals surface area contributed by atoms with Crippen molar-refractivity contribution in [2.24, 2.45) is 0 Å². The molecule has 134 valence electrons. The van der Waals surface area contributed by atoms with Crippen LogP contribution in [0.15, 0.2) is 40.9 Å². The molecule has 4 nitrogen and oxygen atoms in total. The van der Waals surface area contributed by atoms with E-state index in [2.05, 4.69) is 10.5 Å². The van der Waals surface area contributed by atoms with Gasteiger partial charge < -0.3 is 9.84 Å². The number of benzene rings is 2. The van der Waals surface area contributed by atoms with Crippen molar-refractivity contribution in [3.8, 4) is 11.3 Å². The minimum Gasteiger partial charge on any atom is -0.360 e. The lowest BCUT2D eigenvalue weighted by atomic mass is 10.1. The van der Waals surface area contributed by atoms with Crippen molar-refractivity contribution in [2.45, 2.75) is 13.5 Å². The van der Waals surface area contributed by atoms with Crippen molar-refractivity contribution < 1.29 is 9.32 Å². The highest BCUT2D eigenvalue weighted by Gasteiger charge is 2.25. The summed E-state index contributed by atoms with van der Waals surface area (Å²) in [6.07, 6.45) is 0. The average molecular weight is 430 g/mol. The summed E-state index contributed by atoms with van der Waals surface area (Å²) < 4.78 is 5.20. The van der Waals surface area contributed by atoms with Crippen LogP contribution >= 0.6 is 46.4 Å². The van der Waals surface area contributed by atoms with Crippen LogP contribution in [-0.4, -0.2) is 11.1 Å². The first-order valence-electron chi connectivity index (χ1n) is 7.52. The quantitative estimate of drug-likeness (QED) is 0.537. The number of nitrogens with zero attached hydrogens (tertiary/aromatic N) is 1. The fourth-order valence-electron chi connectivity index (χ4n) is 2.49. The molecule has 0 aliphatic heterocycles. The zero-order chi connectivity index (χ0) is 18.8. The molecule has 1 N–H and O–H groups in total. The Morgan fingerprint density at radius 1 is 1.00 bits per heavy atom. The SMILES string of the molecule is Cc1onc(-c2c(Cl)cccc2Cl)c1C(=O)NCc1c(Cl)cccc1Cl. The second-order valence-electron chi connectivity index (χ2n) is 5.44. The maximum atomic E-state index is 12.8. The summed E-state index contributed by atoms with van der Waals surface area (Å²) in [6.45, 7) is 1.79. The van der Waals surface area contributed by atoms with Gasteiger partial charge in [0.2, 0.25) is 0 Å². The number of hydrogen-bond acceptors (Lipinski definition) is 3. The van der Waals surface area contributed by atoms with E-state index in [-0.39, 0.29) is 17.8 Å². The van der Waals surface area contributed by atoms with E-state index < -0.39 is 5.91 Å². The minimum atomic E-state index is -0.397. The van der Waals surface area contributed by atoms with Gasteiger partial charge in [-0.05, 0) is 31.2 Å². The number of rotatable bonds is 4. The Bertz CT molecular complexity index is 945. The third kappa shape index (κ3) is 3.69. The summed E-state index contributed by atoms with van der Waals surface area (Å²) in [4.78, 5) is 12.8. The van der Waals surface area contributed by atoms with E-state index in [1.165, 1.54) is 0 Å². The van der Waals surface area contributed by atoms with Gasteiger partial charge in [-0.25, -0.2) is 0 Å². The van der Waals surface area contributed by atoms with Gasteiger partial charge in [0.25, 0.3) is 5.91 Å². The highest BCUT2D eigenvalue weighted by atomic mass is 35.5. The predicted octanol–water partition coefficient (Wildman–Crippen LogP) is 6.19. The normalized spacial score (nSPS) is 10.8. The van der Waals surface area contributed by atoms with Crippen LogP contribution in [0.5, 0.6) is 0 Å². The Kier molecular flexibility index (Phi) is 5.78. The van der Waals surface area contributed by atoms with Crippen molar-refractivity contribution in [2.75, 3.05) is 0 Å². The van der Waals surface area contributed by atoms with Crippen LogP contribution in [0.3, 0.4) is 0 Å². The average Bonchev–Trinajstić information content (AvgIpc) is 2.95. The van der Waals surface area contributed by atoms with Crippen molar-refractivity contribution in [3.63, 3.8) is 0 Å². The van der Waals surface area contributed by atoms with Crippen LogP contribution in [0.1, 0.15) is 21.7 Å². The molecule has 0 bridgehead atoms. The summed E-state index contributed by atoms with van der Waals surface area (Å²) in [5.41, 5.74) is 1.59. The molecular formula is C18H12Cl4N2O2. The lowest BCUT2D eigenvalue weighted by molar-refractivity contribution is 0.0950. The van der Waals surface area contributed by atoms with E-state index in [1.54, 1.807) is 43.3 Å². The van der Waals surface area contributed by atoms with Crippen molar-refractivity contribution in [3.05, 3.63) is 73.4 Å². The summed E-state index contributed by atoms with van der Waals surface area (Å²) in [5, 5.41) is 8.41. The van der Waals surface area contributed by atoms with Gasteiger partial charge in [-0.3, -0.25) is 4.79 Å². The van der Waals surface area contributed by atoms with Crippen molar-refractivity contribution in [1.82, 2.24) is 10.5 Å². The topological polar surface area (TPSA) is 55.1 Å². The van der Waals surface area contributed by atoms with Gasteiger partial charge in [0.1, 0.15) is 17.0 Å². The third-order valence-electron chi connectivity index (χ3n) is 3.78. The molecule has 8 heteroatoms. The van der Waals surface area contributed by atoms with Gasteiger partial charge in [-0.1, -0.05) is 63.7 Å². The van der Waals surface area contributed by atoms with Crippen LogP contribution < -0.4 is 5.32 Å². The Labute approximate surface area is 170 Å². The van der Waals surface area contributed by atoms with Crippen molar-refractivity contribution >= 4 is 52.3 Å². The van der Waals surface area contributed by atoms with E-state index in [4.69, 9.17) is 50.9 Å². The van der Waals surface area contributed by atoms with E-state index in [9.17, 15) is 4.79 Å². The molecule has 0 spiro atoms. The fourth-order valence-corrected chi connectivity index (χ4v) is 3.60. The second-order valence-corrected chi connectivity index (χ2v) is 7.07. The molecular weight excluding hydrogens is 418 g/mol. The molecule has 0 atom stereocenters. The summed E-state index contributed by atoms with van der Waals surface area (Å²) >= 11 is 24.7. The first-order chi connectivity index (χ1) is 12.4. The van der Waals surface area contributed by atoms with Crippen molar-refractivity contribution in [1.29, 1.82) is 0 Å². The molecule has 0 unspecified atom stereocenters. The smallest absolute Gasteiger partial charge is 0.257 e. The first kappa shape index (κ1) is 19.1. The van der Waals surface area contributed by atoms with Gasteiger partial charge in [-0.2, -0.15) is 0 Å². The molecule has 0 fully saturated rings. The zero-order valence-electron chi connectivity index (χ0n) is 13.4. The molecule has 0 saturated carbocycles. The van der Waals surface area contributed by atoms with Gasteiger partial charge in [0, 0.05) is 27.7 Å². The number of hydrogen-bond donors (Lipinski definition) is 1. The molecule has 0 saturated heterocycles. The predicted molar refractivity (Wildman–Crippen MR) is 104 cm³/mol. The molecule has 3 rings (SSSR count). The van der Waals surface area contributed by atoms with Gasteiger partial charge in [0.15, 0.2) is 0 Å². The Morgan fingerprint density at radius 3 is 2.12 bits per heavy atom. The molecule has 3 aromatic rings. The number of halogens is 4. The van der Waals surface area contributed by atoms with Crippen LogP contribution in [-0.2, 0) is 6.54 Å². The maximum absolute atomic E-state index is 12.8. The largest absolute Gasteiger partial charge is 0.360 e. The van der Waals surface area contributed by atoms with Gasteiger partial charge in [-0.15, -0.1) is 0 Å². The summed E-state index contributed by atoms with van der Waals surface area (Å²) in [5.74, 6) is -0.0514. The number of aromatic nitrogens is 1. The lowest BCUT2D eigenvalue weighted by Crippen LogP contribution is -2.24. The molecule has 2 aromatic carbocycles. The fraction of sp³-hybridized carbons (Fsp3) is 0.111. The van der Waals surface area contributed by atoms with E-state index in [1.807, 2.05) is 0 Å².